The number of ether oxygens (including phenoxy) is 1. The standard InChI is InChI=1S/C26H20ClNO3/c1-2-31-26(30)20-10-8-18(9-11-20)16-21-17-24(19-6-4-3-5-7-19)28(25(21)29)23-14-12-22(27)13-15-23/h3-17H,2H2,1H3/b21-16+. The van der Waals surface area contributed by atoms with Gasteiger partial charge in [0.2, 0.25) is 0 Å². The normalized spacial score (nSPS) is 14.6. The summed E-state index contributed by atoms with van der Waals surface area (Å²) in [7, 11) is 0. The van der Waals surface area contributed by atoms with Gasteiger partial charge >= 0.3 is 5.97 Å². The number of halogens is 1. The van der Waals surface area contributed by atoms with Crippen molar-refractivity contribution >= 4 is 40.9 Å². The smallest absolute Gasteiger partial charge is 0.338 e. The van der Waals surface area contributed by atoms with Crippen LogP contribution in [0.4, 0.5) is 5.69 Å². The highest BCUT2D eigenvalue weighted by molar-refractivity contribution is 6.30. The molecule has 0 spiro atoms. The van der Waals surface area contributed by atoms with E-state index in [0.717, 1.165) is 22.5 Å². The number of benzene rings is 3. The monoisotopic (exact) mass is 429 g/mol. The number of anilines is 1. The lowest BCUT2D eigenvalue weighted by Crippen LogP contribution is -2.24. The van der Waals surface area contributed by atoms with Gasteiger partial charge in [-0.25, -0.2) is 4.79 Å². The SMILES string of the molecule is CCOC(=O)c1ccc(/C=C2\C=C(c3ccccc3)N(c3ccc(Cl)cc3)C2=O)cc1. The Kier molecular flexibility index (Phi) is 6.01. The minimum atomic E-state index is -0.362. The molecule has 3 aromatic carbocycles. The predicted molar refractivity (Wildman–Crippen MR) is 124 cm³/mol. The van der Waals surface area contributed by atoms with Gasteiger partial charge in [-0.3, -0.25) is 9.69 Å². The lowest BCUT2D eigenvalue weighted by atomic mass is 10.1. The van der Waals surface area contributed by atoms with E-state index < -0.39 is 0 Å². The number of hydrogen-bond donors (Lipinski definition) is 0. The zero-order valence-electron chi connectivity index (χ0n) is 16.9. The van der Waals surface area contributed by atoms with Gasteiger partial charge in [-0.15, -0.1) is 0 Å². The van der Waals surface area contributed by atoms with Crippen LogP contribution in [0.15, 0.2) is 90.5 Å². The third-order valence-corrected chi connectivity index (χ3v) is 5.13. The molecule has 0 aliphatic carbocycles. The van der Waals surface area contributed by atoms with Crippen molar-refractivity contribution in [1.82, 2.24) is 0 Å². The fraction of sp³-hybridized carbons (Fsp3) is 0.0769. The average molecular weight is 430 g/mol. The third kappa shape index (κ3) is 4.44. The van der Waals surface area contributed by atoms with Crippen LogP contribution in [0.5, 0.6) is 0 Å². The van der Waals surface area contributed by atoms with Crippen LogP contribution in [0.2, 0.25) is 5.02 Å². The number of carbonyl (C=O) groups is 2. The summed E-state index contributed by atoms with van der Waals surface area (Å²) < 4.78 is 5.02. The van der Waals surface area contributed by atoms with Gasteiger partial charge < -0.3 is 4.74 Å². The molecular weight excluding hydrogens is 410 g/mol. The van der Waals surface area contributed by atoms with Crippen molar-refractivity contribution in [2.75, 3.05) is 11.5 Å². The number of carbonyl (C=O) groups excluding carboxylic acids is 2. The highest BCUT2D eigenvalue weighted by Crippen LogP contribution is 2.35. The van der Waals surface area contributed by atoms with Crippen molar-refractivity contribution in [1.29, 1.82) is 0 Å². The number of esters is 1. The Morgan fingerprint density at radius 2 is 1.65 bits per heavy atom. The molecule has 1 aliphatic heterocycles. The molecule has 1 aliphatic rings. The lowest BCUT2D eigenvalue weighted by Gasteiger charge is -2.21. The lowest BCUT2D eigenvalue weighted by molar-refractivity contribution is -0.113. The van der Waals surface area contributed by atoms with E-state index in [2.05, 4.69) is 0 Å². The Balaban J connectivity index is 1.71. The molecule has 0 bridgehead atoms. The van der Waals surface area contributed by atoms with Crippen molar-refractivity contribution in [3.63, 3.8) is 0 Å². The summed E-state index contributed by atoms with van der Waals surface area (Å²) in [6, 6.07) is 23.9. The predicted octanol–water partition coefficient (Wildman–Crippen LogP) is 5.99. The van der Waals surface area contributed by atoms with Crippen molar-refractivity contribution < 1.29 is 14.3 Å². The number of rotatable bonds is 5. The molecule has 0 atom stereocenters. The fourth-order valence-corrected chi connectivity index (χ4v) is 3.52. The second-order valence-electron chi connectivity index (χ2n) is 6.95. The third-order valence-electron chi connectivity index (χ3n) is 4.88. The highest BCUT2D eigenvalue weighted by Gasteiger charge is 2.30. The summed E-state index contributed by atoms with van der Waals surface area (Å²) in [6.45, 7) is 2.10. The molecular formula is C26H20ClNO3. The summed E-state index contributed by atoms with van der Waals surface area (Å²) >= 11 is 6.04. The first-order valence-corrected chi connectivity index (χ1v) is 10.3. The minimum Gasteiger partial charge on any atom is -0.462 e. The molecule has 0 N–H and O–H groups in total. The maximum atomic E-state index is 13.3. The van der Waals surface area contributed by atoms with E-state index in [9.17, 15) is 9.59 Å². The molecule has 1 amide bonds. The summed E-state index contributed by atoms with van der Waals surface area (Å²) in [5.41, 5.74) is 4.32. The number of hydrogen-bond acceptors (Lipinski definition) is 3. The Hall–Kier alpha value is -3.63. The Morgan fingerprint density at radius 1 is 0.968 bits per heavy atom. The molecule has 4 nitrogen and oxygen atoms in total. The molecule has 3 aromatic rings. The van der Waals surface area contributed by atoms with Gasteiger partial charge in [-0.1, -0.05) is 54.1 Å². The molecule has 0 saturated carbocycles. The molecule has 0 aromatic heterocycles. The molecule has 1 heterocycles. The average Bonchev–Trinajstić information content (AvgIpc) is 3.11. The van der Waals surface area contributed by atoms with Gasteiger partial charge in [0.05, 0.1) is 17.9 Å². The maximum absolute atomic E-state index is 13.3. The van der Waals surface area contributed by atoms with Crippen LogP contribution in [-0.2, 0) is 9.53 Å². The summed E-state index contributed by atoms with van der Waals surface area (Å²) in [6.07, 6.45) is 3.70. The van der Waals surface area contributed by atoms with E-state index in [0.29, 0.717) is 22.8 Å². The Bertz CT molecular complexity index is 1160. The van der Waals surface area contributed by atoms with E-state index in [1.165, 1.54) is 0 Å². The van der Waals surface area contributed by atoms with E-state index in [1.807, 2.05) is 54.6 Å². The molecule has 0 unspecified atom stereocenters. The van der Waals surface area contributed by atoms with Gasteiger partial charge in [0.1, 0.15) is 0 Å². The Morgan fingerprint density at radius 3 is 2.29 bits per heavy atom. The zero-order chi connectivity index (χ0) is 21.8. The van der Waals surface area contributed by atoms with E-state index >= 15 is 0 Å². The van der Waals surface area contributed by atoms with Crippen LogP contribution in [-0.4, -0.2) is 18.5 Å². The van der Waals surface area contributed by atoms with Crippen LogP contribution < -0.4 is 4.90 Å². The van der Waals surface area contributed by atoms with E-state index in [4.69, 9.17) is 16.3 Å². The van der Waals surface area contributed by atoms with E-state index in [1.54, 1.807) is 48.2 Å². The second kappa shape index (κ2) is 9.02. The first-order chi connectivity index (χ1) is 15.1. The first-order valence-electron chi connectivity index (χ1n) is 9.93. The van der Waals surface area contributed by atoms with Crippen LogP contribution in [0.1, 0.15) is 28.4 Å². The summed E-state index contributed by atoms with van der Waals surface area (Å²) in [4.78, 5) is 26.9. The van der Waals surface area contributed by atoms with Gasteiger partial charge in [-0.05, 0) is 66.6 Å². The quantitative estimate of drug-likeness (QED) is 0.369. The molecule has 0 fully saturated rings. The molecule has 154 valence electrons. The van der Waals surface area contributed by atoms with Crippen molar-refractivity contribution in [2.45, 2.75) is 6.92 Å². The van der Waals surface area contributed by atoms with Crippen LogP contribution >= 0.6 is 11.6 Å². The van der Waals surface area contributed by atoms with Crippen molar-refractivity contribution in [3.05, 3.63) is 112 Å². The number of nitrogens with zero attached hydrogens (tertiary/aromatic N) is 1. The second-order valence-corrected chi connectivity index (χ2v) is 7.39. The molecule has 5 heteroatoms. The van der Waals surface area contributed by atoms with Gasteiger partial charge in [-0.2, -0.15) is 0 Å². The van der Waals surface area contributed by atoms with Gasteiger partial charge in [0.15, 0.2) is 0 Å². The molecule has 0 saturated heterocycles. The van der Waals surface area contributed by atoms with Crippen molar-refractivity contribution in [3.8, 4) is 0 Å². The molecule has 31 heavy (non-hydrogen) atoms. The van der Waals surface area contributed by atoms with Crippen LogP contribution in [0.25, 0.3) is 11.8 Å². The largest absolute Gasteiger partial charge is 0.462 e. The van der Waals surface area contributed by atoms with Gasteiger partial charge in [0, 0.05) is 16.3 Å². The number of amides is 1. The summed E-state index contributed by atoms with van der Waals surface area (Å²) in [5, 5.41) is 0.609. The molecule has 4 rings (SSSR count). The minimum absolute atomic E-state index is 0.129. The van der Waals surface area contributed by atoms with Crippen molar-refractivity contribution in [2.24, 2.45) is 0 Å². The zero-order valence-corrected chi connectivity index (χ0v) is 17.7. The van der Waals surface area contributed by atoms with Crippen LogP contribution in [0.3, 0.4) is 0 Å². The van der Waals surface area contributed by atoms with Gasteiger partial charge in [0.25, 0.3) is 5.91 Å². The first kappa shape index (κ1) is 20.6. The van der Waals surface area contributed by atoms with E-state index in [-0.39, 0.29) is 11.9 Å². The highest BCUT2D eigenvalue weighted by atomic mass is 35.5. The maximum Gasteiger partial charge on any atom is 0.338 e. The summed E-state index contributed by atoms with van der Waals surface area (Å²) in [5.74, 6) is -0.491. The fourth-order valence-electron chi connectivity index (χ4n) is 3.39. The molecule has 0 radical (unpaired) electrons. The van der Waals surface area contributed by atoms with Crippen LogP contribution in [0, 0.1) is 0 Å². The topological polar surface area (TPSA) is 46.6 Å². The Labute approximate surface area is 186 Å².